The van der Waals surface area contributed by atoms with Crippen molar-refractivity contribution in [3.8, 4) is 0 Å². The molecule has 0 N–H and O–H groups in total. The molecular weight excluding hydrogens is 204 g/mol. The maximum absolute atomic E-state index is 11.2. The SMILES string of the molecule is CC/C(=N/OC(=O)N(C)C)c1ccccc1. The van der Waals surface area contributed by atoms with Crippen LogP contribution in [0.25, 0.3) is 0 Å². The average Bonchev–Trinajstić information content (AvgIpc) is 2.30. The van der Waals surface area contributed by atoms with E-state index in [4.69, 9.17) is 4.84 Å². The molecule has 0 heterocycles. The Morgan fingerprint density at radius 1 is 1.31 bits per heavy atom. The van der Waals surface area contributed by atoms with Gasteiger partial charge in [-0.1, -0.05) is 42.4 Å². The van der Waals surface area contributed by atoms with Gasteiger partial charge in [-0.15, -0.1) is 0 Å². The minimum absolute atomic E-state index is 0.470. The average molecular weight is 220 g/mol. The zero-order chi connectivity index (χ0) is 12.0. The van der Waals surface area contributed by atoms with Crippen LogP contribution in [0.4, 0.5) is 4.79 Å². The Labute approximate surface area is 95.5 Å². The van der Waals surface area contributed by atoms with E-state index in [0.29, 0.717) is 6.42 Å². The van der Waals surface area contributed by atoms with E-state index in [1.807, 2.05) is 37.3 Å². The number of hydrogen-bond acceptors (Lipinski definition) is 3. The monoisotopic (exact) mass is 220 g/mol. The van der Waals surface area contributed by atoms with Crippen LogP contribution < -0.4 is 0 Å². The Kier molecular flexibility index (Phi) is 4.51. The zero-order valence-electron chi connectivity index (χ0n) is 9.80. The second-order valence-corrected chi connectivity index (χ2v) is 3.51. The highest BCUT2D eigenvalue weighted by Gasteiger charge is 2.06. The van der Waals surface area contributed by atoms with Crippen molar-refractivity contribution in [1.29, 1.82) is 0 Å². The van der Waals surface area contributed by atoms with Gasteiger partial charge >= 0.3 is 6.09 Å². The number of rotatable bonds is 3. The van der Waals surface area contributed by atoms with Crippen LogP contribution >= 0.6 is 0 Å². The first-order valence-corrected chi connectivity index (χ1v) is 5.15. The lowest BCUT2D eigenvalue weighted by Crippen LogP contribution is -2.21. The van der Waals surface area contributed by atoms with Crippen molar-refractivity contribution in [3.63, 3.8) is 0 Å². The summed E-state index contributed by atoms with van der Waals surface area (Å²) in [5.74, 6) is 0. The predicted octanol–water partition coefficient (Wildman–Crippen LogP) is 2.50. The minimum Gasteiger partial charge on any atom is -0.312 e. The lowest BCUT2D eigenvalue weighted by Gasteiger charge is -2.08. The number of amides is 1. The molecule has 1 rings (SSSR count). The zero-order valence-corrected chi connectivity index (χ0v) is 9.80. The molecule has 1 aromatic carbocycles. The highest BCUT2D eigenvalue weighted by Crippen LogP contribution is 2.05. The molecule has 0 fully saturated rings. The van der Waals surface area contributed by atoms with Crippen molar-refractivity contribution < 1.29 is 9.63 Å². The van der Waals surface area contributed by atoms with Crippen LogP contribution in [-0.4, -0.2) is 30.8 Å². The molecule has 1 amide bonds. The lowest BCUT2D eigenvalue weighted by molar-refractivity contribution is 0.122. The first kappa shape index (κ1) is 12.2. The van der Waals surface area contributed by atoms with E-state index < -0.39 is 6.09 Å². The third-order valence-corrected chi connectivity index (χ3v) is 2.04. The molecule has 0 saturated heterocycles. The van der Waals surface area contributed by atoms with Crippen LogP contribution in [0, 0.1) is 0 Å². The van der Waals surface area contributed by atoms with Gasteiger partial charge in [0, 0.05) is 14.1 Å². The van der Waals surface area contributed by atoms with Gasteiger partial charge in [-0.3, -0.25) is 4.84 Å². The van der Waals surface area contributed by atoms with E-state index in [9.17, 15) is 4.79 Å². The van der Waals surface area contributed by atoms with Crippen molar-refractivity contribution >= 4 is 11.8 Å². The summed E-state index contributed by atoms with van der Waals surface area (Å²) >= 11 is 0. The van der Waals surface area contributed by atoms with Crippen molar-refractivity contribution in [2.24, 2.45) is 5.16 Å². The Morgan fingerprint density at radius 3 is 2.44 bits per heavy atom. The first-order valence-electron chi connectivity index (χ1n) is 5.15. The molecule has 4 nitrogen and oxygen atoms in total. The molecule has 0 aliphatic rings. The molecule has 4 heteroatoms. The third kappa shape index (κ3) is 3.38. The van der Waals surface area contributed by atoms with Gasteiger partial charge in [-0.05, 0) is 12.0 Å². The van der Waals surface area contributed by atoms with Gasteiger partial charge in [0.15, 0.2) is 0 Å². The van der Waals surface area contributed by atoms with Crippen LogP contribution in [0.2, 0.25) is 0 Å². The molecule has 0 bridgehead atoms. The van der Waals surface area contributed by atoms with Crippen molar-refractivity contribution in [2.45, 2.75) is 13.3 Å². The Bertz CT molecular complexity index is 372. The van der Waals surface area contributed by atoms with Crippen LogP contribution in [0.15, 0.2) is 35.5 Å². The van der Waals surface area contributed by atoms with Gasteiger partial charge in [-0.2, -0.15) is 0 Å². The van der Waals surface area contributed by atoms with Gasteiger partial charge in [0.25, 0.3) is 0 Å². The van der Waals surface area contributed by atoms with Crippen molar-refractivity contribution in [2.75, 3.05) is 14.1 Å². The van der Waals surface area contributed by atoms with Gasteiger partial charge in [0.05, 0.1) is 5.71 Å². The normalized spacial score (nSPS) is 11.1. The fourth-order valence-electron chi connectivity index (χ4n) is 1.13. The summed E-state index contributed by atoms with van der Waals surface area (Å²) in [6.07, 6.45) is 0.243. The maximum Gasteiger partial charge on any atom is 0.435 e. The van der Waals surface area contributed by atoms with E-state index in [1.54, 1.807) is 14.1 Å². The number of oxime groups is 1. The van der Waals surface area contributed by atoms with Crippen LogP contribution in [0.3, 0.4) is 0 Å². The molecule has 86 valence electrons. The summed E-state index contributed by atoms with van der Waals surface area (Å²) in [5.41, 5.74) is 1.73. The van der Waals surface area contributed by atoms with E-state index in [-0.39, 0.29) is 0 Å². The lowest BCUT2D eigenvalue weighted by atomic mass is 10.1. The highest BCUT2D eigenvalue weighted by molar-refractivity contribution is 6.00. The summed E-state index contributed by atoms with van der Waals surface area (Å²) in [6, 6.07) is 9.66. The van der Waals surface area contributed by atoms with Gasteiger partial charge < -0.3 is 4.90 Å². The molecule has 1 aromatic rings. The van der Waals surface area contributed by atoms with E-state index in [2.05, 4.69) is 5.16 Å². The first-order chi connectivity index (χ1) is 7.65. The molecular formula is C12H16N2O2. The standard InChI is InChI=1S/C12H16N2O2/c1-4-11(10-8-6-5-7-9-10)13-16-12(15)14(2)3/h5-9H,4H2,1-3H3/b13-11-. The summed E-state index contributed by atoms with van der Waals surface area (Å²) < 4.78 is 0. The fourth-order valence-corrected chi connectivity index (χ4v) is 1.13. The Balaban J connectivity index is 2.76. The molecule has 0 atom stereocenters. The molecule has 0 unspecified atom stereocenters. The Hall–Kier alpha value is -1.84. The molecule has 0 radical (unpaired) electrons. The Morgan fingerprint density at radius 2 is 1.94 bits per heavy atom. The van der Waals surface area contributed by atoms with Gasteiger partial charge in [0.2, 0.25) is 0 Å². The summed E-state index contributed by atoms with van der Waals surface area (Å²) in [4.78, 5) is 17.3. The molecule has 0 saturated carbocycles. The smallest absolute Gasteiger partial charge is 0.312 e. The second-order valence-electron chi connectivity index (χ2n) is 3.51. The van der Waals surface area contributed by atoms with Crippen molar-refractivity contribution in [3.05, 3.63) is 35.9 Å². The summed E-state index contributed by atoms with van der Waals surface area (Å²) in [5, 5.41) is 3.86. The van der Waals surface area contributed by atoms with Gasteiger partial charge in [0.1, 0.15) is 0 Å². The maximum atomic E-state index is 11.2. The van der Waals surface area contributed by atoms with Gasteiger partial charge in [-0.25, -0.2) is 4.79 Å². The van der Waals surface area contributed by atoms with Crippen LogP contribution in [0.1, 0.15) is 18.9 Å². The van der Waals surface area contributed by atoms with E-state index >= 15 is 0 Å². The highest BCUT2D eigenvalue weighted by atomic mass is 16.7. The third-order valence-electron chi connectivity index (χ3n) is 2.04. The topological polar surface area (TPSA) is 41.9 Å². The number of nitrogens with zero attached hydrogens (tertiary/aromatic N) is 2. The molecule has 0 aliphatic heterocycles. The molecule has 0 aliphatic carbocycles. The fraction of sp³-hybridized carbons (Fsp3) is 0.333. The van der Waals surface area contributed by atoms with E-state index in [1.165, 1.54) is 4.90 Å². The van der Waals surface area contributed by atoms with Crippen LogP contribution in [0.5, 0.6) is 0 Å². The second kappa shape index (κ2) is 5.90. The number of benzene rings is 1. The quantitative estimate of drug-likeness (QED) is 0.446. The van der Waals surface area contributed by atoms with E-state index in [0.717, 1.165) is 11.3 Å². The summed E-state index contributed by atoms with van der Waals surface area (Å²) in [7, 11) is 3.23. The minimum atomic E-state index is -0.470. The van der Waals surface area contributed by atoms with Crippen molar-refractivity contribution in [1.82, 2.24) is 4.90 Å². The largest absolute Gasteiger partial charge is 0.435 e. The molecule has 16 heavy (non-hydrogen) atoms. The molecule has 0 spiro atoms. The van der Waals surface area contributed by atoms with Crippen LogP contribution in [-0.2, 0) is 4.84 Å². The number of carbonyl (C=O) groups is 1. The molecule has 0 aromatic heterocycles. The number of carbonyl (C=O) groups excluding carboxylic acids is 1. The summed E-state index contributed by atoms with van der Waals surface area (Å²) in [6.45, 7) is 1.97. The number of hydrogen-bond donors (Lipinski definition) is 0. The predicted molar refractivity (Wildman–Crippen MR) is 63.4 cm³/mol.